The molecule has 0 aliphatic rings. The predicted octanol–water partition coefficient (Wildman–Crippen LogP) is 6.09. The van der Waals surface area contributed by atoms with Crippen LogP contribution in [0.2, 0.25) is 0 Å². The molecule has 0 unspecified atom stereocenters. The number of hydrogen-bond acceptors (Lipinski definition) is 1. The molecule has 0 saturated carbocycles. The number of benzene rings is 4. The van der Waals surface area contributed by atoms with Crippen molar-refractivity contribution < 1.29 is 0 Å². The van der Waals surface area contributed by atoms with Gasteiger partial charge in [0.05, 0.1) is 0 Å². The molecular weight excluding hydrogens is 314 g/mol. The Morgan fingerprint density at radius 3 is 1.81 bits per heavy atom. The summed E-state index contributed by atoms with van der Waals surface area (Å²) < 4.78 is 0. The van der Waals surface area contributed by atoms with E-state index in [2.05, 4.69) is 116 Å². The third-order valence-corrected chi connectivity index (χ3v) is 4.98. The summed E-state index contributed by atoms with van der Waals surface area (Å²) >= 11 is 0. The fraction of sp³-hybridized carbons (Fsp3) is 0.120. The second-order valence-corrected chi connectivity index (χ2v) is 6.94. The summed E-state index contributed by atoms with van der Waals surface area (Å²) in [5.41, 5.74) is 5.18. The SMILES string of the molecule is CN(C)c1ccc([C@@H](c2ccccc2)c2ccc3ccccc3c2)cc1. The Kier molecular flexibility index (Phi) is 4.45. The van der Waals surface area contributed by atoms with Crippen molar-refractivity contribution >= 4 is 16.5 Å². The molecule has 0 aliphatic heterocycles. The molecule has 0 bridgehead atoms. The highest BCUT2D eigenvalue weighted by molar-refractivity contribution is 5.83. The van der Waals surface area contributed by atoms with Crippen molar-refractivity contribution in [1.29, 1.82) is 0 Å². The van der Waals surface area contributed by atoms with E-state index in [0.717, 1.165) is 0 Å². The zero-order valence-corrected chi connectivity index (χ0v) is 15.3. The lowest BCUT2D eigenvalue weighted by molar-refractivity contribution is 0.978. The minimum absolute atomic E-state index is 0.233. The van der Waals surface area contributed by atoms with Crippen molar-refractivity contribution in [3.8, 4) is 0 Å². The summed E-state index contributed by atoms with van der Waals surface area (Å²) in [6.45, 7) is 0. The molecule has 128 valence electrons. The van der Waals surface area contributed by atoms with Gasteiger partial charge in [-0.1, -0.05) is 84.9 Å². The molecule has 0 amide bonds. The summed E-state index contributed by atoms with van der Waals surface area (Å²) in [5, 5.41) is 2.57. The number of fused-ring (bicyclic) bond motifs is 1. The average Bonchev–Trinajstić information content (AvgIpc) is 2.69. The number of anilines is 1. The molecule has 0 aromatic heterocycles. The minimum atomic E-state index is 0.233. The summed E-state index contributed by atoms with van der Waals surface area (Å²) in [6.07, 6.45) is 0. The number of rotatable bonds is 4. The molecule has 0 aliphatic carbocycles. The molecule has 0 N–H and O–H groups in total. The summed E-state index contributed by atoms with van der Waals surface area (Å²) in [7, 11) is 4.15. The van der Waals surface area contributed by atoms with Crippen molar-refractivity contribution in [2.75, 3.05) is 19.0 Å². The van der Waals surface area contributed by atoms with Crippen LogP contribution in [0, 0.1) is 0 Å². The fourth-order valence-electron chi connectivity index (χ4n) is 3.58. The van der Waals surface area contributed by atoms with Crippen LogP contribution in [0.3, 0.4) is 0 Å². The molecule has 0 heterocycles. The maximum atomic E-state index is 2.33. The van der Waals surface area contributed by atoms with E-state index in [-0.39, 0.29) is 5.92 Å². The van der Waals surface area contributed by atoms with Crippen LogP contribution in [0.4, 0.5) is 5.69 Å². The normalized spacial score (nSPS) is 12.1. The van der Waals surface area contributed by atoms with E-state index in [1.54, 1.807) is 0 Å². The van der Waals surface area contributed by atoms with Gasteiger partial charge in [-0.3, -0.25) is 0 Å². The number of hydrogen-bond donors (Lipinski definition) is 0. The van der Waals surface area contributed by atoms with E-state index in [0.29, 0.717) is 0 Å². The molecule has 1 atom stereocenters. The van der Waals surface area contributed by atoms with E-state index in [9.17, 15) is 0 Å². The minimum Gasteiger partial charge on any atom is -0.378 e. The standard InChI is InChI=1S/C25H23N/c1-26(2)24-16-14-21(15-17-24)25(20-9-4-3-5-10-20)23-13-12-19-8-6-7-11-22(19)18-23/h3-18,25H,1-2H3/t25-/m1/s1. The Hall–Kier alpha value is -3.06. The molecule has 4 aromatic carbocycles. The third kappa shape index (κ3) is 3.21. The van der Waals surface area contributed by atoms with E-state index in [4.69, 9.17) is 0 Å². The first-order valence-corrected chi connectivity index (χ1v) is 9.03. The van der Waals surface area contributed by atoms with Gasteiger partial charge in [-0.25, -0.2) is 0 Å². The first-order chi connectivity index (χ1) is 12.7. The van der Waals surface area contributed by atoms with Crippen LogP contribution < -0.4 is 4.90 Å². The Labute approximate surface area is 155 Å². The van der Waals surface area contributed by atoms with Gasteiger partial charge in [-0.15, -0.1) is 0 Å². The number of nitrogens with zero attached hydrogens (tertiary/aromatic N) is 1. The summed E-state index contributed by atoms with van der Waals surface area (Å²) in [4.78, 5) is 2.14. The average molecular weight is 337 g/mol. The molecule has 0 fully saturated rings. The maximum Gasteiger partial charge on any atom is 0.0361 e. The van der Waals surface area contributed by atoms with E-state index < -0.39 is 0 Å². The lowest BCUT2D eigenvalue weighted by Crippen LogP contribution is -2.09. The van der Waals surface area contributed by atoms with Crippen LogP contribution in [0.1, 0.15) is 22.6 Å². The summed E-state index contributed by atoms with van der Waals surface area (Å²) in [6, 6.07) is 35.1. The van der Waals surface area contributed by atoms with Crippen molar-refractivity contribution in [2.45, 2.75) is 5.92 Å². The van der Waals surface area contributed by atoms with Gasteiger partial charge < -0.3 is 4.90 Å². The first kappa shape index (κ1) is 16.4. The topological polar surface area (TPSA) is 3.24 Å². The maximum absolute atomic E-state index is 2.33. The Morgan fingerprint density at radius 2 is 1.12 bits per heavy atom. The van der Waals surface area contributed by atoms with Gasteiger partial charge in [0.15, 0.2) is 0 Å². The predicted molar refractivity (Wildman–Crippen MR) is 112 cm³/mol. The van der Waals surface area contributed by atoms with Gasteiger partial charge in [0, 0.05) is 25.7 Å². The van der Waals surface area contributed by atoms with Gasteiger partial charge >= 0.3 is 0 Å². The van der Waals surface area contributed by atoms with Gasteiger partial charge in [0.1, 0.15) is 0 Å². The smallest absolute Gasteiger partial charge is 0.0361 e. The lowest BCUT2D eigenvalue weighted by atomic mass is 9.84. The van der Waals surface area contributed by atoms with Crippen LogP contribution >= 0.6 is 0 Å². The van der Waals surface area contributed by atoms with E-state index >= 15 is 0 Å². The van der Waals surface area contributed by atoms with Crippen molar-refractivity contribution in [3.05, 3.63) is 114 Å². The van der Waals surface area contributed by atoms with Gasteiger partial charge in [0.2, 0.25) is 0 Å². The van der Waals surface area contributed by atoms with Gasteiger partial charge in [-0.2, -0.15) is 0 Å². The third-order valence-electron chi connectivity index (χ3n) is 4.98. The van der Waals surface area contributed by atoms with Crippen molar-refractivity contribution in [1.82, 2.24) is 0 Å². The molecule has 0 spiro atoms. The van der Waals surface area contributed by atoms with Crippen molar-refractivity contribution in [2.24, 2.45) is 0 Å². The van der Waals surface area contributed by atoms with Crippen LogP contribution in [0.25, 0.3) is 10.8 Å². The molecular formula is C25H23N. The zero-order valence-electron chi connectivity index (χ0n) is 15.3. The molecule has 0 saturated heterocycles. The Bertz CT molecular complexity index is 1000. The molecule has 1 heteroatoms. The highest BCUT2D eigenvalue weighted by Gasteiger charge is 2.17. The van der Waals surface area contributed by atoms with Crippen LogP contribution in [0.5, 0.6) is 0 Å². The largest absolute Gasteiger partial charge is 0.378 e. The van der Waals surface area contributed by atoms with Crippen molar-refractivity contribution in [3.63, 3.8) is 0 Å². The Morgan fingerprint density at radius 1 is 0.538 bits per heavy atom. The molecule has 4 aromatic rings. The van der Waals surface area contributed by atoms with Crippen LogP contribution in [-0.4, -0.2) is 14.1 Å². The molecule has 26 heavy (non-hydrogen) atoms. The first-order valence-electron chi connectivity index (χ1n) is 9.03. The fourth-order valence-corrected chi connectivity index (χ4v) is 3.58. The summed E-state index contributed by atoms with van der Waals surface area (Å²) in [5.74, 6) is 0.233. The second-order valence-electron chi connectivity index (χ2n) is 6.94. The van der Waals surface area contributed by atoms with Gasteiger partial charge in [-0.05, 0) is 39.6 Å². The lowest BCUT2D eigenvalue weighted by Gasteiger charge is -2.21. The molecule has 0 radical (unpaired) electrons. The Balaban J connectivity index is 1.84. The highest BCUT2D eigenvalue weighted by Crippen LogP contribution is 2.34. The van der Waals surface area contributed by atoms with E-state index in [1.165, 1.54) is 33.2 Å². The zero-order chi connectivity index (χ0) is 17.9. The van der Waals surface area contributed by atoms with E-state index in [1.807, 2.05) is 0 Å². The van der Waals surface area contributed by atoms with Gasteiger partial charge in [0.25, 0.3) is 0 Å². The second kappa shape index (κ2) is 7.05. The quantitative estimate of drug-likeness (QED) is 0.408. The monoisotopic (exact) mass is 337 g/mol. The van der Waals surface area contributed by atoms with Crippen LogP contribution in [-0.2, 0) is 0 Å². The molecule has 4 rings (SSSR count). The highest BCUT2D eigenvalue weighted by atomic mass is 15.1. The molecule has 1 nitrogen and oxygen atoms in total. The van der Waals surface area contributed by atoms with Crippen LogP contribution in [0.15, 0.2) is 97.1 Å².